The quantitative estimate of drug-likeness (QED) is 0.469. The van der Waals surface area contributed by atoms with Gasteiger partial charge in [-0.25, -0.2) is 0 Å². The summed E-state index contributed by atoms with van der Waals surface area (Å²) in [6.07, 6.45) is 1.44. The Labute approximate surface area is 56.0 Å². The average Bonchev–Trinajstić information content (AvgIpc) is 1.86. The first-order chi connectivity index (χ1) is 4.33. The third-order valence-corrected chi connectivity index (χ3v) is 0.566. The van der Waals surface area contributed by atoms with E-state index in [1.807, 2.05) is 0 Å². The minimum atomic E-state index is 0.195. The second-order valence-electron chi connectivity index (χ2n) is 1.47. The maximum Gasteiger partial charge on any atom is 0.0431 e. The van der Waals surface area contributed by atoms with Gasteiger partial charge in [0.1, 0.15) is 0 Å². The summed E-state index contributed by atoms with van der Waals surface area (Å²) in [5, 5.41) is 23.7. The average molecular weight is 136 g/mol. The zero-order valence-electron chi connectivity index (χ0n) is 5.88. The predicted molar refractivity (Wildman–Crippen MR) is 36.2 cm³/mol. The highest BCUT2D eigenvalue weighted by molar-refractivity contribution is 4.30. The molecule has 0 radical (unpaired) electrons. The van der Waals surface area contributed by atoms with Gasteiger partial charge in [0.05, 0.1) is 0 Å². The van der Waals surface area contributed by atoms with Crippen LogP contribution in [0.2, 0.25) is 0 Å². The Balaban J connectivity index is 0. The van der Waals surface area contributed by atoms with Crippen molar-refractivity contribution in [3.05, 3.63) is 0 Å². The first-order valence-electron chi connectivity index (χ1n) is 3.16. The second kappa shape index (κ2) is 15.7. The van der Waals surface area contributed by atoms with Crippen molar-refractivity contribution in [2.24, 2.45) is 0 Å². The van der Waals surface area contributed by atoms with E-state index < -0.39 is 0 Å². The number of aliphatic hydroxyl groups excluding tert-OH is 3. The van der Waals surface area contributed by atoms with Gasteiger partial charge in [0.25, 0.3) is 0 Å². The van der Waals surface area contributed by atoms with Gasteiger partial charge in [-0.3, -0.25) is 0 Å². The third-order valence-electron chi connectivity index (χ3n) is 0.566. The van der Waals surface area contributed by atoms with E-state index in [0.29, 0.717) is 0 Å². The number of hydrogen-bond acceptors (Lipinski definition) is 3. The minimum Gasteiger partial charge on any atom is -0.397 e. The second-order valence-corrected chi connectivity index (χ2v) is 1.47. The number of rotatable bonds is 3. The van der Waals surface area contributed by atoms with Crippen LogP contribution in [-0.4, -0.2) is 35.1 Å². The lowest BCUT2D eigenvalue weighted by atomic mass is 10.3. The fourth-order valence-electron chi connectivity index (χ4n) is 0.224. The third kappa shape index (κ3) is 32.8. The maximum atomic E-state index is 8.09. The largest absolute Gasteiger partial charge is 0.397 e. The van der Waals surface area contributed by atoms with Crippen LogP contribution in [0.3, 0.4) is 0 Å². The SMILES string of the molecule is CCO.OCCCCO. The van der Waals surface area contributed by atoms with E-state index >= 15 is 0 Å². The molecule has 0 spiro atoms. The molecule has 0 bridgehead atoms. The van der Waals surface area contributed by atoms with Crippen molar-refractivity contribution >= 4 is 0 Å². The van der Waals surface area contributed by atoms with Gasteiger partial charge in [0, 0.05) is 19.8 Å². The molecule has 58 valence electrons. The Morgan fingerprint density at radius 1 is 0.889 bits per heavy atom. The van der Waals surface area contributed by atoms with Crippen LogP contribution in [0, 0.1) is 0 Å². The fourth-order valence-corrected chi connectivity index (χ4v) is 0.224. The van der Waals surface area contributed by atoms with Crippen molar-refractivity contribution in [2.75, 3.05) is 19.8 Å². The number of unbranched alkanes of at least 4 members (excludes halogenated alkanes) is 1. The van der Waals surface area contributed by atoms with Crippen LogP contribution in [0.1, 0.15) is 19.8 Å². The van der Waals surface area contributed by atoms with Gasteiger partial charge in [-0.15, -0.1) is 0 Å². The molecule has 0 aromatic heterocycles. The summed E-state index contributed by atoms with van der Waals surface area (Å²) < 4.78 is 0. The van der Waals surface area contributed by atoms with Crippen LogP contribution >= 0.6 is 0 Å². The monoisotopic (exact) mass is 136 g/mol. The highest BCUT2D eigenvalue weighted by Crippen LogP contribution is 1.80. The minimum absolute atomic E-state index is 0.195. The Morgan fingerprint density at radius 2 is 1.11 bits per heavy atom. The zero-order chi connectivity index (χ0) is 7.54. The molecule has 0 rings (SSSR count). The van der Waals surface area contributed by atoms with Crippen LogP contribution in [0.25, 0.3) is 0 Å². The molecule has 0 aliphatic heterocycles. The summed E-state index contributed by atoms with van der Waals surface area (Å²) in [6, 6.07) is 0. The molecule has 0 unspecified atom stereocenters. The molecule has 0 aliphatic carbocycles. The smallest absolute Gasteiger partial charge is 0.0431 e. The molecule has 0 heterocycles. The van der Waals surface area contributed by atoms with Crippen molar-refractivity contribution in [1.29, 1.82) is 0 Å². The van der Waals surface area contributed by atoms with Crippen molar-refractivity contribution in [1.82, 2.24) is 0 Å². The van der Waals surface area contributed by atoms with E-state index in [1.165, 1.54) is 0 Å². The predicted octanol–water partition coefficient (Wildman–Crippen LogP) is -0.250. The van der Waals surface area contributed by atoms with E-state index in [-0.39, 0.29) is 19.8 Å². The Kier molecular flexibility index (Phi) is 20.3. The van der Waals surface area contributed by atoms with Gasteiger partial charge >= 0.3 is 0 Å². The van der Waals surface area contributed by atoms with Crippen molar-refractivity contribution < 1.29 is 15.3 Å². The van der Waals surface area contributed by atoms with Crippen LogP contribution in [0.5, 0.6) is 0 Å². The maximum absolute atomic E-state index is 8.09. The van der Waals surface area contributed by atoms with E-state index in [4.69, 9.17) is 15.3 Å². The number of aliphatic hydroxyl groups is 3. The molecule has 0 saturated carbocycles. The summed E-state index contributed by atoms with van der Waals surface area (Å²) in [5.41, 5.74) is 0. The molecule has 9 heavy (non-hydrogen) atoms. The Bertz CT molecular complexity index is 27.5. The molecule has 0 saturated heterocycles. The topological polar surface area (TPSA) is 60.7 Å². The summed E-state index contributed by atoms with van der Waals surface area (Å²) in [5.74, 6) is 0. The van der Waals surface area contributed by atoms with Gasteiger partial charge in [-0.2, -0.15) is 0 Å². The molecule has 0 aromatic carbocycles. The lowest BCUT2D eigenvalue weighted by Gasteiger charge is -1.85. The Morgan fingerprint density at radius 3 is 1.22 bits per heavy atom. The first kappa shape index (κ1) is 11.6. The normalized spacial score (nSPS) is 8.00. The molecule has 3 heteroatoms. The molecule has 0 fully saturated rings. The van der Waals surface area contributed by atoms with Gasteiger partial charge < -0.3 is 15.3 Å². The van der Waals surface area contributed by atoms with Gasteiger partial charge in [0.15, 0.2) is 0 Å². The van der Waals surface area contributed by atoms with Crippen molar-refractivity contribution in [3.63, 3.8) is 0 Å². The van der Waals surface area contributed by atoms with Gasteiger partial charge in [-0.05, 0) is 19.8 Å². The van der Waals surface area contributed by atoms with Crippen LogP contribution in [-0.2, 0) is 0 Å². The molecule has 0 atom stereocenters. The summed E-state index contributed by atoms with van der Waals surface area (Å²) in [6.45, 7) is 2.32. The molecule has 3 N–H and O–H groups in total. The van der Waals surface area contributed by atoms with Crippen molar-refractivity contribution in [3.8, 4) is 0 Å². The van der Waals surface area contributed by atoms with E-state index in [0.717, 1.165) is 12.8 Å². The molecular formula is C6H16O3. The van der Waals surface area contributed by atoms with E-state index in [1.54, 1.807) is 6.92 Å². The van der Waals surface area contributed by atoms with Crippen LogP contribution in [0.15, 0.2) is 0 Å². The van der Waals surface area contributed by atoms with Gasteiger partial charge in [-0.1, -0.05) is 0 Å². The fraction of sp³-hybridized carbons (Fsp3) is 1.00. The van der Waals surface area contributed by atoms with E-state index in [9.17, 15) is 0 Å². The standard InChI is InChI=1S/C4H10O2.C2H6O/c5-3-1-2-4-6;1-2-3/h5-6H,1-4H2;3H,2H2,1H3. The van der Waals surface area contributed by atoms with Crippen molar-refractivity contribution in [2.45, 2.75) is 19.8 Å². The highest BCUT2D eigenvalue weighted by Gasteiger charge is 1.77. The molecular weight excluding hydrogens is 120 g/mol. The lowest BCUT2D eigenvalue weighted by molar-refractivity contribution is 0.242. The van der Waals surface area contributed by atoms with Crippen LogP contribution < -0.4 is 0 Å². The van der Waals surface area contributed by atoms with Gasteiger partial charge in [0.2, 0.25) is 0 Å². The first-order valence-corrected chi connectivity index (χ1v) is 3.16. The zero-order valence-corrected chi connectivity index (χ0v) is 5.88. The number of hydrogen-bond donors (Lipinski definition) is 3. The summed E-state index contributed by atoms with van der Waals surface area (Å²) in [4.78, 5) is 0. The van der Waals surface area contributed by atoms with E-state index in [2.05, 4.69) is 0 Å². The molecule has 3 nitrogen and oxygen atoms in total. The summed E-state index contributed by atoms with van der Waals surface area (Å²) in [7, 11) is 0. The molecule has 0 amide bonds. The van der Waals surface area contributed by atoms with Crippen LogP contribution in [0.4, 0.5) is 0 Å². The summed E-state index contributed by atoms with van der Waals surface area (Å²) >= 11 is 0. The highest BCUT2D eigenvalue weighted by atomic mass is 16.3. The molecule has 0 aliphatic rings. The lowest BCUT2D eigenvalue weighted by Crippen LogP contribution is -1.85. The molecule has 0 aromatic rings. The Hall–Kier alpha value is -0.120.